The minimum absolute atomic E-state index is 0.0456. The van der Waals surface area contributed by atoms with Crippen LogP contribution in [-0.4, -0.2) is 29.2 Å². The van der Waals surface area contributed by atoms with Crippen molar-refractivity contribution in [2.24, 2.45) is 5.92 Å². The van der Waals surface area contributed by atoms with E-state index in [1.165, 1.54) is 12.7 Å². The summed E-state index contributed by atoms with van der Waals surface area (Å²) in [5, 5.41) is 0.813. The molecular formula is C28H26F2N2O3. The van der Waals surface area contributed by atoms with Gasteiger partial charge in [-0.1, -0.05) is 13.0 Å². The smallest absolute Gasteiger partial charge is 0.355 e. The van der Waals surface area contributed by atoms with Crippen molar-refractivity contribution >= 4 is 16.9 Å². The van der Waals surface area contributed by atoms with Crippen LogP contribution in [0, 0.1) is 17.6 Å². The molecule has 0 amide bonds. The molecule has 2 atom stereocenters. The normalized spacial score (nSPS) is 16.9. The second-order valence-corrected chi connectivity index (χ2v) is 8.92. The van der Waals surface area contributed by atoms with Crippen LogP contribution < -0.4 is 4.74 Å². The first-order valence-electron chi connectivity index (χ1n) is 11.7. The average Bonchev–Trinajstić information content (AvgIpc) is 3.51. The maximum atomic E-state index is 14.7. The monoisotopic (exact) mass is 476 g/mol. The van der Waals surface area contributed by atoms with Gasteiger partial charge in [-0.25, -0.2) is 18.6 Å². The van der Waals surface area contributed by atoms with Crippen LogP contribution in [0.1, 0.15) is 47.8 Å². The van der Waals surface area contributed by atoms with E-state index in [1.54, 1.807) is 23.8 Å². The molecule has 7 heteroatoms. The Morgan fingerprint density at radius 3 is 2.69 bits per heavy atom. The van der Waals surface area contributed by atoms with Crippen molar-refractivity contribution < 1.29 is 23.0 Å². The van der Waals surface area contributed by atoms with Gasteiger partial charge in [0.1, 0.15) is 17.3 Å². The molecule has 0 spiro atoms. The van der Waals surface area contributed by atoms with Gasteiger partial charge in [-0.05, 0) is 73.2 Å². The molecule has 2 aromatic heterocycles. The predicted molar refractivity (Wildman–Crippen MR) is 130 cm³/mol. The van der Waals surface area contributed by atoms with E-state index in [0.29, 0.717) is 28.8 Å². The van der Waals surface area contributed by atoms with Crippen LogP contribution in [0.5, 0.6) is 5.88 Å². The highest BCUT2D eigenvalue weighted by Crippen LogP contribution is 2.49. The summed E-state index contributed by atoms with van der Waals surface area (Å²) in [7, 11) is 1.52. The second kappa shape index (κ2) is 9.13. The molecule has 0 bridgehead atoms. The number of hydrogen-bond acceptors (Lipinski definition) is 4. The lowest BCUT2D eigenvalue weighted by atomic mass is 9.99. The van der Waals surface area contributed by atoms with E-state index in [9.17, 15) is 13.6 Å². The fourth-order valence-corrected chi connectivity index (χ4v) is 4.82. The van der Waals surface area contributed by atoms with Crippen molar-refractivity contribution in [1.82, 2.24) is 9.55 Å². The maximum Gasteiger partial charge on any atom is 0.355 e. The zero-order valence-electron chi connectivity index (χ0n) is 19.8. The minimum atomic E-state index is -0.553. The molecule has 0 saturated heterocycles. The van der Waals surface area contributed by atoms with Gasteiger partial charge in [0, 0.05) is 33.8 Å². The van der Waals surface area contributed by atoms with Gasteiger partial charge in [-0.2, -0.15) is 0 Å². The SMILES string of the molecule is CCOC(=O)c1c(-c2cccnc2OC)c2cc(C3CC3C)ccc2n1Cc1cc(F)ccc1F. The lowest BCUT2D eigenvalue weighted by molar-refractivity contribution is 0.0516. The molecule has 2 heterocycles. The molecule has 1 fully saturated rings. The molecule has 1 saturated carbocycles. The summed E-state index contributed by atoms with van der Waals surface area (Å²) in [5.74, 6) is -0.237. The molecule has 4 aromatic rings. The zero-order chi connectivity index (χ0) is 24.7. The van der Waals surface area contributed by atoms with Gasteiger partial charge in [0.25, 0.3) is 0 Å². The van der Waals surface area contributed by atoms with E-state index in [1.807, 2.05) is 18.2 Å². The van der Waals surface area contributed by atoms with Crippen molar-refractivity contribution in [1.29, 1.82) is 0 Å². The Balaban J connectivity index is 1.83. The number of methoxy groups -OCH3 is 1. The Labute approximate surface area is 202 Å². The summed E-state index contributed by atoms with van der Waals surface area (Å²) in [6, 6.07) is 13.0. The fourth-order valence-electron chi connectivity index (χ4n) is 4.82. The first kappa shape index (κ1) is 23.0. The lowest BCUT2D eigenvalue weighted by Gasteiger charge is -2.13. The van der Waals surface area contributed by atoms with Crippen molar-refractivity contribution in [3.05, 3.63) is 83.2 Å². The van der Waals surface area contributed by atoms with Crippen LogP contribution in [0.15, 0.2) is 54.7 Å². The van der Waals surface area contributed by atoms with Crippen LogP contribution in [0.2, 0.25) is 0 Å². The Bertz CT molecular complexity index is 1430. The number of nitrogens with zero attached hydrogens (tertiary/aromatic N) is 2. The summed E-state index contributed by atoms with van der Waals surface area (Å²) in [5.41, 5.74) is 3.51. The quantitative estimate of drug-likeness (QED) is 0.292. The number of aromatic nitrogens is 2. The molecule has 0 aliphatic heterocycles. The molecule has 0 N–H and O–H groups in total. The Hall–Kier alpha value is -3.74. The Morgan fingerprint density at radius 2 is 1.97 bits per heavy atom. The molecule has 1 aliphatic rings. The van der Waals surface area contributed by atoms with E-state index in [2.05, 4.69) is 18.0 Å². The fraction of sp³-hybridized carbons (Fsp3) is 0.286. The van der Waals surface area contributed by atoms with Gasteiger partial charge in [0.05, 0.1) is 20.3 Å². The number of fused-ring (bicyclic) bond motifs is 1. The summed E-state index contributed by atoms with van der Waals surface area (Å²) < 4.78 is 41.4. The van der Waals surface area contributed by atoms with Crippen molar-refractivity contribution in [2.45, 2.75) is 32.7 Å². The molecule has 2 aromatic carbocycles. The summed E-state index contributed by atoms with van der Waals surface area (Å²) in [6.07, 6.45) is 2.72. The Kier molecular flexibility index (Phi) is 6.01. The molecule has 180 valence electrons. The Morgan fingerprint density at radius 1 is 1.17 bits per heavy atom. The summed E-state index contributed by atoms with van der Waals surface area (Å²) in [4.78, 5) is 17.7. The van der Waals surface area contributed by atoms with E-state index in [-0.39, 0.29) is 24.4 Å². The van der Waals surface area contributed by atoms with Gasteiger partial charge < -0.3 is 14.0 Å². The van der Waals surface area contributed by atoms with E-state index in [4.69, 9.17) is 9.47 Å². The van der Waals surface area contributed by atoms with Gasteiger partial charge in [0.2, 0.25) is 5.88 Å². The van der Waals surface area contributed by atoms with Crippen LogP contribution in [0.25, 0.3) is 22.0 Å². The van der Waals surface area contributed by atoms with Gasteiger partial charge in [0.15, 0.2) is 0 Å². The van der Waals surface area contributed by atoms with Gasteiger partial charge >= 0.3 is 5.97 Å². The number of benzene rings is 2. The van der Waals surface area contributed by atoms with Crippen LogP contribution >= 0.6 is 0 Å². The topological polar surface area (TPSA) is 53.4 Å². The number of ether oxygens (including phenoxy) is 2. The number of esters is 1. The number of carbonyl (C=O) groups is 1. The molecule has 5 rings (SSSR count). The van der Waals surface area contributed by atoms with Crippen molar-refractivity contribution in [3.8, 4) is 17.0 Å². The van der Waals surface area contributed by atoms with Crippen molar-refractivity contribution in [2.75, 3.05) is 13.7 Å². The zero-order valence-corrected chi connectivity index (χ0v) is 19.8. The molecule has 1 aliphatic carbocycles. The minimum Gasteiger partial charge on any atom is -0.481 e. The van der Waals surface area contributed by atoms with Gasteiger partial charge in [-0.3, -0.25) is 0 Å². The first-order valence-corrected chi connectivity index (χ1v) is 11.7. The van der Waals surface area contributed by atoms with Gasteiger partial charge in [-0.15, -0.1) is 0 Å². The number of carbonyl (C=O) groups excluding carboxylic acids is 1. The standard InChI is InChI=1S/C28H26F2N2O3/c1-4-35-28(33)26-25(20-6-5-11-31-27(20)34-3)22-14-17(21-12-16(21)2)7-10-24(22)32(26)15-18-13-19(29)8-9-23(18)30/h5-11,13-14,16,21H,4,12,15H2,1-3H3. The number of hydrogen-bond donors (Lipinski definition) is 0. The molecule has 5 nitrogen and oxygen atoms in total. The highest BCUT2D eigenvalue weighted by Gasteiger charge is 2.35. The predicted octanol–water partition coefficient (Wildman–Crippen LogP) is 6.34. The highest BCUT2D eigenvalue weighted by atomic mass is 19.1. The first-order chi connectivity index (χ1) is 16.9. The maximum absolute atomic E-state index is 14.7. The number of rotatable bonds is 7. The number of pyridine rings is 1. The third kappa shape index (κ3) is 4.16. The van der Waals surface area contributed by atoms with E-state index in [0.717, 1.165) is 35.5 Å². The molecule has 2 unspecified atom stereocenters. The summed E-state index contributed by atoms with van der Waals surface area (Å²) >= 11 is 0. The molecule has 0 radical (unpaired) electrons. The average molecular weight is 477 g/mol. The van der Waals surface area contributed by atoms with E-state index < -0.39 is 17.6 Å². The third-order valence-electron chi connectivity index (χ3n) is 6.66. The molecular weight excluding hydrogens is 450 g/mol. The van der Waals surface area contributed by atoms with Crippen molar-refractivity contribution in [3.63, 3.8) is 0 Å². The van der Waals surface area contributed by atoms with Crippen LogP contribution in [-0.2, 0) is 11.3 Å². The number of halogens is 2. The summed E-state index contributed by atoms with van der Waals surface area (Å²) in [6.45, 7) is 4.06. The van der Waals surface area contributed by atoms with Crippen LogP contribution in [0.3, 0.4) is 0 Å². The van der Waals surface area contributed by atoms with Crippen LogP contribution in [0.4, 0.5) is 8.78 Å². The lowest BCUT2D eigenvalue weighted by Crippen LogP contribution is -2.15. The largest absolute Gasteiger partial charge is 0.481 e. The third-order valence-corrected chi connectivity index (χ3v) is 6.66. The highest BCUT2D eigenvalue weighted by molar-refractivity contribution is 6.09. The van der Waals surface area contributed by atoms with E-state index >= 15 is 0 Å². The second-order valence-electron chi connectivity index (χ2n) is 8.92. The molecule has 35 heavy (non-hydrogen) atoms.